The summed E-state index contributed by atoms with van der Waals surface area (Å²) < 4.78 is 18.5. The standard InChI is InChI=1S/C34H42N2O6S/c1-24(38)35-19-7-3-4-10-33(39)36-21-25-11-17-28(18-12-25)34-41-29(23-43-32-9-6-5-8-30(32)40-2)20-31(42-34)27-15-13-26(22-37)14-16-27/h5-6,8-9,11-18,29,31,34,37H,3-4,7,10,19-23H2,1-2H3,(H,35,38)(H,36,39)/t29-,31+,34+/m1/s1. The van der Waals surface area contributed by atoms with Gasteiger partial charge in [-0.2, -0.15) is 0 Å². The molecule has 3 N–H and O–H groups in total. The van der Waals surface area contributed by atoms with Crippen molar-refractivity contribution in [3.8, 4) is 5.75 Å². The van der Waals surface area contributed by atoms with Gasteiger partial charge in [0.25, 0.3) is 0 Å². The van der Waals surface area contributed by atoms with Crippen molar-refractivity contribution in [2.75, 3.05) is 19.4 Å². The van der Waals surface area contributed by atoms with Crippen molar-refractivity contribution in [2.24, 2.45) is 0 Å². The zero-order valence-electron chi connectivity index (χ0n) is 24.9. The maximum atomic E-state index is 12.3. The molecule has 0 saturated carbocycles. The molecule has 1 aliphatic rings. The first-order valence-electron chi connectivity index (χ1n) is 14.8. The number of hydrogen-bond acceptors (Lipinski definition) is 7. The summed E-state index contributed by atoms with van der Waals surface area (Å²) in [5.74, 6) is 1.58. The first kappa shape index (κ1) is 32.5. The topological polar surface area (TPSA) is 106 Å². The molecule has 9 heteroatoms. The van der Waals surface area contributed by atoms with Gasteiger partial charge in [0.15, 0.2) is 6.29 Å². The molecule has 0 radical (unpaired) electrons. The summed E-state index contributed by atoms with van der Waals surface area (Å²) in [6.07, 6.45) is 2.97. The number of methoxy groups -OCH3 is 1. The molecule has 43 heavy (non-hydrogen) atoms. The average Bonchev–Trinajstić information content (AvgIpc) is 3.04. The summed E-state index contributed by atoms with van der Waals surface area (Å²) in [7, 11) is 1.68. The number of aliphatic hydroxyl groups excluding tert-OH is 1. The van der Waals surface area contributed by atoms with Gasteiger partial charge in [-0.3, -0.25) is 9.59 Å². The maximum absolute atomic E-state index is 12.3. The van der Waals surface area contributed by atoms with Gasteiger partial charge < -0.3 is 30.0 Å². The fraction of sp³-hybridized carbons (Fsp3) is 0.412. The van der Waals surface area contributed by atoms with Gasteiger partial charge >= 0.3 is 0 Å². The molecule has 4 rings (SSSR count). The summed E-state index contributed by atoms with van der Waals surface area (Å²) in [5, 5.41) is 15.2. The smallest absolute Gasteiger partial charge is 0.220 e. The molecule has 0 aliphatic carbocycles. The van der Waals surface area contributed by atoms with Gasteiger partial charge in [-0.15, -0.1) is 11.8 Å². The van der Waals surface area contributed by atoms with Crippen molar-refractivity contribution in [3.05, 3.63) is 95.1 Å². The number of carbonyl (C=O) groups is 2. The molecule has 0 aromatic heterocycles. The van der Waals surface area contributed by atoms with Crippen LogP contribution in [-0.2, 0) is 32.2 Å². The van der Waals surface area contributed by atoms with Crippen LogP contribution in [0, 0.1) is 0 Å². The van der Waals surface area contributed by atoms with Gasteiger partial charge in [0, 0.05) is 49.1 Å². The van der Waals surface area contributed by atoms with Gasteiger partial charge in [-0.05, 0) is 41.7 Å². The Morgan fingerprint density at radius 2 is 1.63 bits per heavy atom. The Morgan fingerprint density at radius 3 is 2.35 bits per heavy atom. The molecule has 0 spiro atoms. The number of benzene rings is 3. The van der Waals surface area contributed by atoms with Gasteiger partial charge in [0.05, 0.1) is 25.9 Å². The van der Waals surface area contributed by atoms with Gasteiger partial charge in [-0.1, -0.05) is 67.1 Å². The van der Waals surface area contributed by atoms with E-state index >= 15 is 0 Å². The number of aliphatic hydroxyl groups is 1. The number of para-hydroxylation sites is 1. The Balaban J connectivity index is 1.35. The van der Waals surface area contributed by atoms with E-state index in [1.54, 1.807) is 18.9 Å². The lowest BCUT2D eigenvalue weighted by Gasteiger charge is -2.36. The summed E-state index contributed by atoms with van der Waals surface area (Å²) in [5.41, 5.74) is 3.82. The van der Waals surface area contributed by atoms with Crippen molar-refractivity contribution in [2.45, 2.75) is 75.6 Å². The lowest BCUT2D eigenvalue weighted by molar-refractivity contribution is -0.245. The minimum Gasteiger partial charge on any atom is -0.496 e. The predicted octanol–water partition coefficient (Wildman–Crippen LogP) is 5.84. The minimum absolute atomic E-state index is 0.00243. The molecule has 1 fully saturated rings. The van der Waals surface area contributed by atoms with E-state index in [1.165, 1.54) is 6.92 Å². The van der Waals surface area contributed by atoms with E-state index in [-0.39, 0.29) is 30.6 Å². The van der Waals surface area contributed by atoms with Gasteiger partial charge in [0.2, 0.25) is 11.8 Å². The Hall–Kier alpha value is -3.37. The van der Waals surface area contributed by atoms with E-state index in [1.807, 2.05) is 66.7 Å². The molecule has 0 bridgehead atoms. The van der Waals surface area contributed by atoms with E-state index in [0.717, 1.165) is 57.9 Å². The number of ether oxygens (including phenoxy) is 3. The van der Waals surface area contributed by atoms with Crippen molar-refractivity contribution in [1.82, 2.24) is 10.6 Å². The Bertz CT molecular complexity index is 1300. The molecule has 3 aromatic carbocycles. The highest BCUT2D eigenvalue weighted by Gasteiger charge is 2.32. The zero-order valence-corrected chi connectivity index (χ0v) is 25.7. The maximum Gasteiger partial charge on any atom is 0.220 e. The van der Waals surface area contributed by atoms with Crippen LogP contribution in [0.15, 0.2) is 77.7 Å². The average molecular weight is 607 g/mol. The largest absolute Gasteiger partial charge is 0.496 e. The number of unbranched alkanes of at least 4 members (excludes halogenated alkanes) is 2. The first-order chi connectivity index (χ1) is 20.9. The number of amides is 2. The van der Waals surface area contributed by atoms with Crippen LogP contribution in [0.1, 0.15) is 73.7 Å². The fourth-order valence-electron chi connectivity index (χ4n) is 4.88. The normalized spacial score (nSPS) is 18.2. The highest BCUT2D eigenvalue weighted by molar-refractivity contribution is 7.99. The van der Waals surface area contributed by atoms with Crippen LogP contribution in [0.3, 0.4) is 0 Å². The number of thioether (sulfide) groups is 1. The van der Waals surface area contributed by atoms with Crippen LogP contribution in [0.5, 0.6) is 5.75 Å². The Kier molecular flexibility index (Phi) is 12.9. The van der Waals surface area contributed by atoms with Crippen molar-refractivity contribution in [1.29, 1.82) is 0 Å². The molecule has 1 heterocycles. The molecular formula is C34H42N2O6S. The van der Waals surface area contributed by atoms with E-state index in [2.05, 4.69) is 16.7 Å². The summed E-state index contributed by atoms with van der Waals surface area (Å²) >= 11 is 1.71. The molecule has 3 aromatic rings. The van der Waals surface area contributed by atoms with Crippen LogP contribution in [0.25, 0.3) is 0 Å². The monoisotopic (exact) mass is 606 g/mol. The van der Waals surface area contributed by atoms with Crippen molar-refractivity contribution in [3.63, 3.8) is 0 Å². The number of nitrogens with one attached hydrogen (secondary N) is 2. The third-order valence-electron chi connectivity index (χ3n) is 7.30. The zero-order chi connectivity index (χ0) is 30.4. The van der Waals surface area contributed by atoms with Crippen LogP contribution in [-0.4, -0.2) is 42.4 Å². The predicted molar refractivity (Wildman–Crippen MR) is 168 cm³/mol. The molecule has 3 atom stereocenters. The van der Waals surface area contributed by atoms with E-state index in [9.17, 15) is 14.7 Å². The van der Waals surface area contributed by atoms with E-state index in [0.29, 0.717) is 25.9 Å². The quantitative estimate of drug-likeness (QED) is 0.148. The van der Waals surface area contributed by atoms with E-state index in [4.69, 9.17) is 14.2 Å². The van der Waals surface area contributed by atoms with Crippen molar-refractivity contribution < 1.29 is 28.9 Å². The summed E-state index contributed by atoms with van der Waals surface area (Å²) in [6.45, 7) is 2.61. The Labute approximate surface area is 258 Å². The first-order valence-corrected chi connectivity index (χ1v) is 15.8. The summed E-state index contributed by atoms with van der Waals surface area (Å²) in [4.78, 5) is 24.3. The van der Waals surface area contributed by atoms with Crippen LogP contribution >= 0.6 is 11.8 Å². The van der Waals surface area contributed by atoms with Gasteiger partial charge in [0.1, 0.15) is 5.75 Å². The lowest BCUT2D eigenvalue weighted by atomic mass is 10.0. The molecular weight excluding hydrogens is 564 g/mol. The minimum atomic E-state index is -0.541. The molecule has 2 amide bonds. The third kappa shape index (κ3) is 10.4. The molecule has 230 valence electrons. The lowest BCUT2D eigenvalue weighted by Crippen LogP contribution is -2.31. The molecule has 1 aliphatic heterocycles. The third-order valence-corrected chi connectivity index (χ3v) is 8.49. The van der Waals surface area contributed by atoms with Crippen LogP contribution in [0.2, 0.25) is 0 Å². The van der Waals surface area contributed by atoms with Crippen LogP contribution in [0.4, 0.5) is 0 Å². The Morgan fingerprint density at radius 1 is 0.907 bits per heavy atom. The second-order valence-corrected chi connectivity index (χ2v) is 11.7. The highest BCUT2D eigenvalue weighted by Crippen LogP contribution is 2.40. The molecule has 8 nitrogen and oxygen atoms in total. The highest BCUT2D eigenvalue weighted by atomic mass is 32.2. The molecule has 0 unspecified atom stereocenters. The number of rotatable bonds is 15. The number of carbonyl (C=O) groups excluding carboxylic acids is 2. The van der Waals surface area contributed by atoms with E-state index < -0.39 is 6.29 Å². The summed E-state index contributed by atoms with van der Waals surface area (Å²) in [6, 6.07) is 23.8. The SMILES string of the molecule is COc1ccccc1SC[C@H]1C[C@@H](c2ccc(CO)cc2)O[C@@H](c2ccc(CNC(=O)CCCCCNC(C)=O)cc2)O1. The fourth-order valence-corrected chi connectivity index (χ4v) is 5.93. The van der Waals surface area contributed by atoms with Crippen molar-refractivity contribution >= 4 is 23.6 Å². The van der Waals surface area contributed by atoms with Crippen LogP contribution < -0.4 is 15.4 Å². The number of hydrogen-bond donors (Lipinski definition) is 3. The second kappa shape index (κ2) is 17.1. The molecule has 1 saturated heterocycles. The van der Waals surface area contributed by atoms with Gasteiger partial charge in [-0.25, -0.2) is 0 Å². The second-order valence-electron chi connectivity index (χ2n) is 10.6.